The van der Waals surface area contributed by atoms with Gasteiger partial charge in [0.2, 0.25) is 5.91 Å². The van der Waals surface area contributed by atoms with E-state index in [-0.39, 0.29) is 30.0 Å². The summed E-state index contributed by atoms with van der Waals surface area (Å²) in [6, 6.07) is 6.29. The Morgan fingerprint density at radius 3 is 3.00 bits per heavy atom. The van der Waals surface area contributed by atoms with Gasteiger partial charge in [0.1, 0.15) is 0 Å². The maximum atomic E-state index is 12.0. The standard InChI is InChI=1S/C16H21NO5/c1-11(9-22-14-5-6-21-10-14)17-15(18)8-12-3-2-4-13(7-12)16(19)20/h2-4,7,11,14H,5-6,8-10H2,1H3,(H,17,18)(H,19,20). The first-order valence-corrected chi connectivity index (χ1v) is 7.35. The number of rotatable bonds is 7. The summed E-state index contributed by atoms with van der Waals surface area (Å²) in [5.41, 5.74) is 0.859. The second-order valence-corrected chi connectivity index (χ2v) is 5.47. The van der Waals surface area contributed by atoms with Crippen molar-refractivity contribution in [3.8, 4) is 0 Å². The van der Waals surface area contributed by atoms with Gasteiger partial charge in [-0.25, -0.2) is 4.79 Å². The highest BCUT2D eigenvalue weighted by atomic mass is 16.5. The fourth-order valence-electron chi connectivity index (χ4n) is 2.29. The van der Waals surface area contributed by atoms with Gasteiger partial charge in [0, 0.05) is 12.6 Å². The molecule has 2 unspecified atom stereocenters. The van der Waals surface area contributed by atoms with Crippen LogP contribution in [0.5, 0.6) is 0 Å². The molecule has 1 saturated heterocycles. The average Bonchev–Trinajstić information content (AvgIpc) is 2.98. The molecular weight excluding hydrogens is 286 g/mol. The normalized spacial score (nSPS) is 18.9. The highest BCUT2D eigenvalue weighted by Gasteiger charge is 2.17. The number of hydrogen-bond donors (Lipinski definition) is 2. The molecule has 0 aliphatic carbocycles. The van der Waals surface area contributed by atoms with Crippen molar-refractivity contribution in [2.45, 2.75) is 31.9 Å². The van der Waals surface area contributed by atoms with E-state index in [9.17, 15) is 9.59 Å². The van der Waals surface area contributed by atoms with Gasteiger partial charge < -0.3 is 19.9 Å². The number of carboxylic acids is 1. The van der Waals surface area contributed by atoms with E-state index >= 15 is 0 Å². The van der Waals surface area contributed by atoms with Crippen molar-refractivity contribution in [1.82, 2.24) is 5.32 Å². The molecule has 0 spiro atoms. The van der Waals surface area contributed by atoms with Gasteiger partial charge in [-0.15, -0.1) is 0 Å². The predicted molar refractivity (Wildman–Crippen MR) is 79.9 cm³/mol. The molecule has 2 atom stereocenters. The van der Waals surface area contributed by atoms with Crippen molar-refractivity contribution in [3.63, 3.8) is 0 Å². The van der Waals surface area contributed by atoms with E-state index in [0.717, 1.165) is 13.0 Å². The zero-order valence-electron chi connectivity index (χ0n) is 12.6. The number of nitrogens with one attached hydrogen (secondary N) is 1. The zero-order valence-corrected chi connectivity index (χ0v) is 12.6. The SMILES string of the molecule is CC(COC1CCOC1)NC(=O)Cc1cccc(C(=O)O)c1. The van der Waals surface area contributed by atoms with Gasteiger partial charge in [-0.1, -0.05) is 12.1 Å². The van der Waals surface area contributed by atoms with Crippen LogP contribution in [0.1, 0.15) is 29.3 Å². The number of aromatic carboxylic acids is 1. The lowest BCUT2D eigenvalue weighted by molar-refractivity contribution is -0.121. The van der Waals surface area contributed by atoms with Crippen molar-refractivity contribution in [2.75, 3.05) is 19.8 Å². The molecule has 0 radical (unpaired) electrons. The third kappa shape index (κ3) is 5.13. The van der Waals surface area contributed by atoms with Gasteiger partial charge in [-0.2, -0.15) is 0 Å². The number of amides is 1. The van der Waals surface area contributed by atoms with Crippen molar-refractivity contribution >= 4 is 11.9 Å². The summed E-state index contributed by atoms with van der Waals surface area (Å²) in [6.07, 6.45) is 1.16. The molecule has 1 amide bonds. The van der Waals surface area contributed by atoms with Crippen molar-refractivity contribution in [3.05, 3.63) is 35.4 Å². The van der Waals surface area contributed by atoms with Gasteiger partial charge in [-0.05, 0) is 31.0 Å². The number of benzene rings is 1. The molecule has 1 aliphatic rings. The van der Waals surface area contributed by atoms with Crippen molar-refractivity contribution in [2.24, 2.45) is 0 Å². The first-order chi connectivity index (χ1) is 10.5. The van der Waals surface area contributed by atoms with Gasteiger partial charge >= 0.3 is 5.97 Å². The molecule has 6 nitrogen and oxygen atoms in total. The summed E-state index contributed by atoms with van der Waals surface area (Å²) in [6.45, 7) is 3.66. The Morgan fingerprint density at radius 2 is 2.32 bits per heavy atom. The highest BCUT2D eigenvalue weighted by Crippen LogP contribution is 2.09. The number of ether oxygens (including phenoxy) is 2. The fraction of sp³-hybridized carbons (Fsp3) is 0.500. The molecule has 2 N–H and O–H groups in total. The van der Waals surface area contributed by atoms with Crippen LogP contribution in [0.25, 0.3) is 0 Å². The lowest BCUT2D eigenvalue weighted by atomic mass is 10.1. The van der Waals surface area contributed by atoms with Gasteiger partial charge in [-0.3, -0.25) is 4.79 Å². The monoisotopic (exact) mass is 307 g/mol. The number of carbonyl (C=O) groups is 2. The Labute approximate surface area is 129 Å². The largest absolute Gasteiger partial charge is 0.478 e. The Hall–Kier alpha value is -1.92. The molecule has 1 fully saturated rings. The zero-order chi connectivity index (χ0) is 15.9. The lowest BCUT2D eigenvalue weighted by Crippen LogP contribution is -2.38. The smallest absolute Gasteiger partial charge is 0.335 e. The molecule has 0 bridgehead atoms. The minimum absolute atomic E-state index is 0.101. The van der Waals surface area contributed by atoms with E-state index in [4.69, 9.17) is 14.6 Å². The van der Waals surface area contributed by atoms with Crippen LogP contribution < -0.4 is 5.32 Å². The molecule has 0 saturated carbocycles. The maximum Gasteiger partial charge on any atom is 0.335 e. The van der Waals surface area contributed by atoms with E-state index in [0.29, 0.717) is 18.8 Å². The van der Waals surface area contributed by atoms with Gasteiger partial charge in [0.15, 0.2) is 0 Å². The van der Waals surface area contributed by atoms with E-state index in [1.54, 1.807) is 12.1 Å². The maximum absolute atomic E-state index is 12.0. The Balaban J connectivity index is 1.76. The van der Waals surface area contributed by atoms with Crippen molar-refractivity contribution < 1.29 is 24.2 Å². The number of carbonyl (C=O) groups excluding carboxylic acids is 1. The fourth-order valence-corrected chi connectivity index (χ4v) is 2.29. The molecular formula is C16H21NO5. The van der Waals surface area contributed by atoms with Gasteiger partial charge in [0.05, 0.1) is 31.3 Å². The van der Waals surface area contributed by atoms with Crippen LogP contribution >= 0.6 is 0 Å². The van der Waals surface area contributed by atoms with E-state index < -0.39 is 5.97 Å². The molecule has 120 valence electrons. The van der Waals surface area contributed by atoms with Crippen LogP contribution in [0.3, 0.4) is 0 Å². The Morgan fingerprint density at radius 1 is 1.50 bits per heavy atom. The van der Waals surface area contributed by atoms with Crippen LogP contribution in [0.15, 0.2) is 24.3 Å². The Kier molecular flexibility index (Phi) is 5.91. The Bertz CT molecular complexity index is 525. The third-order valence-corrected chi connectivity index (χ3v) is 3.42. The number of carboxylic acid groups (broad SMARTS) is 1. The predicted octanol–water partition coefficient (Wildman–Crippen LogP) is 1.24. The highest BCUT2D eigenvalue weighted by molar-refractivity contribution is 5.88. The summed E-state index contributed by atoms with van der Waals surface area (Å²) in [7, 11) is 0. The summed E-state index contributed by atoms with van der Waals surface area (Å²) in [4.78, 5) is 22.9. The molecule has 22 heavy (non-hydrogen) atoms. The van der Waals surface area contributed by atoms with E-state index in [1.165, 1.54) is 12.1 Å². The summed E-state index contributed by atoms with van der Waals surface area (Å²) in [5.74, 6) is -1.15. The molecule has 1 aliphatic heterocycles. The molecule has 0 aromatic heterocycles. The minimum Gasteiger partial charge on any atom is -0.478 e. The quantitative estimate of drug-likeness (QED) is 0.791. The molecule has 1 aromatic rings. The summed E-state index contributed by atoms with van der Waals surface area (Å²) >= 11 is 0. The number of hydrogen-bond acceptors (Lipinski definition) is 4. The van der Waals surface area contributed by atoms with Crippen LogP contribution in [-0.4, -0.2) is 48.9 Å². The summed E-state index contributed by atoms with van der Waals surface area (Å²) < 4.78 is 10.9. The second-order valence-electron chi connectivity index (χ2n) is 5.47. The molecule has 1 heterocycles. The van der Waals surface area contributed by atoms with E-state index in [2.05, 4.69) is 5.32 Å². The lowest BCUT2D eigenvalue weighted by Gasteiger charge is -2.17. The molecule has 6 heteroatoms. The van der Waals surface area contributed by atoms with Crippen LogP contribution in [0, 0.1) is 0 Å². The minimum atomic E-state index is -0.997. The van der Waals surface area contributed by atoms with Crippen molar-refractivity contribution in [1.29, 1.82) is 0 Å². The molecule has 2 rings (SSSR count). The first-order valence-electron chi connectivity index (χ1n) is 7.35. The van der Waals surface area contributed by atoms with Crippen LogP contribution in [0.2, 0.25) is 0 Å². The van der Waals surface area contributed by atoms with Crippen LogP contribution in [-0.2, 0) is 20.7 Å². The summed E-state index contributed by atoms with van der Waals surface area (Å²) in [5, 5.41) is 11.8. The third-order valence-electron chi connectivity index (χ3n) is 3.42. The van der Waals surface area contributed by atoms with Gasteiger partial charge in [0.25, 0.3) is 0 Å². The second kappa shape index (κ2) is 7.91. The molecule has 1 aromatic carbocycles. The average molecular weight is 307 g/mol. The first kappa shape index (κ1) is 16.5. The van der Waals surface area contributed by atoms with E-state index in [1.807, 2.05) is 6.92 Å². The topological polar surface area (TPSA) is 84.9 Å². The van der Waals surface area contributed by atoms with Crippen LogP contribution in [0.4, 0.5) is 0 Å².